The first-order chi connectivity index (χ1) is 20.9. The zero-order chi connectivity index (χ0) is 29.8. The summed E-state index contributed by atoms with van der Waals surface area (Å²) >= 11 is 0. The summed E-state index contributed by atoms with van der Waals surface area (Å²) in [5.41, 5.74) is 6.57. The van der Waals surface area contributed by atoms with Crippen LogP contribution in [0.3, 0.4) is 0 Å². The fraction of sp³-hybridized carbons (Fsp3) is 0.158. The van der Waals surface area contributed by atoms with Crippen molar-refractivity contribution in [2.75, 3.05) is 9.80 Å². The van der Waals surface area contributed by atoms with E-state index in [0.29, 0.717) is 0 Å². The van der Waals surface area contributed by atoms with Crippen LogP contribution in [-0.2, 0) is 9.84 Å². The van der Waals surface area contributed by atoms with E-state index in [1.165, 1.54) is 11.1 Å². The fourth-order valence-electron chi connectivity index (χ4n) is 5.94. The molecule has 0 aliphatic heterocycles. The van der Waals surface area contributed by atoms with Crippen LogP contribution in [0.5, 0.6) is 0 Å². The molecule has 4 nitrogen and oxygen atoms in total. The van der Waals surface area contributed by atoms with Gasteiger partial charge in [-0.25, -0.2) is 8.42 Å². The number of nitrogens with zero attached hydrogens (tertiary/aromatic N) is 2. The topological polar surface area (TPSA) is 40.6 Å². The molecule has 216 valence electrons. The van der Waals surface area contributed by atoms with Crippen molar-refractivity contribution in [3.8, 4) is 0 Å². The Morgan fingerprint density at radius 2 is 1.12 bits per heavy atom. The van der Waals surface area contributed by atoms with Crippen LogP contribution in [0.2, 0.25) is 0 Å². The van der Waals surface area contributed by atoms with Crippen LogP contribution in [0, 0.1) is 0 Å². The van der Waals surface area contributed by atoms with E-state index in [0.717, 1.165) is 35.6 Å². The second-order valence-corrected chi connectivity index (χ2v) is 13.1. The van der Waals surface area contributed by atoms with Crippen molar-refractivity contribution in [1.82, 2.24) is 0 Å². The van der Waals surface area contributed by atoms with Gasteiger partial charge in [0.1, 0.15) is 0 Å². The number of para-hydroxylation sites is 2. The normalized spacial score (nSPS) is 18.1. The molecule has 2 aliphatic rings. The second kappa shape index (κ2) is 12.3. The highest BCUT2D eigenvalue weighted by molar-refractivity contribution is 7.91. The predicted octanol–water partition coefficient (Wildman–Crippen LogP) is 9.35. The maximum Gasteiger partial charge on any atom is 0.206 e. The summed E-state index contributed by atoms with van der Waals surface area (Å²) in [6.07, 6.45) is 14.8. The molecule has 4 aromatic carbocycles. The van der Waals surface area contributed by atoms with Crippen LogP contribution in [0.4, 0.5) is 22.7 Å². The molecular formula is C38H36N2O2S. The molecule has 0 N–H and O–H groups in total. The van der Waals surface area contributed by atoms with Gasteiger partial charge >= 0.3 is 0 Å². The zero-order valence-corrected chi connectivity index (χ0v) is 25.4. The summed E-state index contributed by atoms with van der Waals surface area (Å²) < 4.78 is 27.5. The lowest BCUT2D eigenvalue weighted by Crippen LogP contribution is -2.30. The first kappa shape index (κ1) is 28.5. The number of anilines is 4. The van der Waals surface area contributed by atoms with E-state index in [1.807, 2.05) is 60.7 Å². The van der Waals surface area contributed by atoms with Crippen molar-refractivity contribution in [2.45, 2.75) is 48.6 Å². The van der Waals surface area contributed by atoms with Crippen LogP contribution in [-0.4, -0.2) is 20.5 Å². The number of hydrogen-bond acceptors (Lipinski definition) is 4. The molecule has 0 fully saturated rings. The SMILES string of the molecule is CC1=CC(N(c2ccccc2)c2ccc(S(=O)(=O)c3ccc(N(c4ccccc4)C4C=CC=C(C)C4)cc3)cc2)CC=C1. The summed E-state index contributed by atoms with van der Waals surface area (Å²) in [4.78, 5) is 5.10. The lowest BCUT2D eigenvalue weighted by molar-refractivity contribution is 0.596. The summed E-state index contributed by atoms with van der Waals surface area (Å²) in [6, 6.07) is 35.3. The maximum absolute atomic E-state index is 13.8. The Morgan fingerprint density at radius 1 is 0.628 bits per heavy atom. The number of allylic oxidation sites excluding steroid dienone is 4. The monoisotopic (exact) mass is 584 g/mol. The molecule has 0 aromatic heterocycles. The van der Waals surface area contributed by atoms with Gasteiger partial charge < -0.3 is 9.80 Å². The van der Waals surface area contributed by atoms with Crippen molar-refractivity contribution >= 4 is 32.6 Å². The lowest BCUT2D eigenvalue weighted by atomic mass is 9.99. The molecule has 0 saturated heterocycles. The van der Waals surface area contributed by atoms with E-state index in [9.17, 15) is 8.42 Å². The molecule has 2 unspecified atom stereocenters. The Hall–Kier alpha value is -4.61. The number of benzene rings is 4. The van der Waals surface area contributed by atoms with Gasteiger partial charge in [-0.2, -0.15) is 0 Å². The average molecular weight is 585 g/mol. The highest BCUT2D eigenvalue weighted by Crippen LogP contribution is 2.35. The third kappa shape index (κ3) is 6.13. The summed E-state index contributed by atoms with van der Waals surface area (Å²) in [6.45, 7) is 4.25. The predicted molar refractivity (Wildman–Crippen MR) is 178 cm³/mol. The molecule has 0 heterocycles. The average Bonchev–Trinajstić information content (AvgIpc) is 3.03. The molecule has 2 atom stereocenters. The van der Waals surface area contributed by atoms with E-state index in [2.05, 4.69) is 84.4 Å². The van der Waals surface area contributed by atoms with Crippen molar-refractivity contribution in [1.29, 1.82) is 0 Å². The minimum atomic E-state index is -3.70. The van der Waals surface area contributed by atoms with Gasteiger partial charge in [0.05, 0.1) is 21.9 Å². The summed E-state index contributed by atoms with van der Waals surface area (Å²) in [5.74, 6) is 0. The molecule has 0 saturated carbocycles. The first-order valence-corrected chi connectivity index (χ1v) is 16.2. The number of hydrogen-bond donors (Lipinski definition) is 0. The molecule has 43 heavy (non-hydrogen) atoms. The largest absolute Gasteiger partial charge is 0.334 e. The molecule has 0 spiro atoms. The highest BCUT2D eigenvalue weighted by atomic mass is 32.2. The minimum absolute atomic E-state index is 0.147. The number of rotatable bonds is 8. The van der Waals surface area contributed by atoms with Gasteiger partial charge in [-0.15, -0.1) is 0 Å². The quantitative estimate of drug-likeness (QED) is 0.207. The Kier molecular flexibility index (Phi) is 8.17. The van der Waals surface area contributed by atoms with Crippen molar-refractivity contribution in [3.05, 3.63) is 157 Å². The van der Waals surface area contributed by atoms with Gasteiger partial charge in [-0.05, 0) is 99.5 Å². The Labute approximate surface area is 255 Å². The van der Waals surface area contributed by atoms with Crippen molar-refractivity contribution < 1.29 is 8.42 Å². The van der Waals surface area contributed by atoms with Crippen LogP contribution in [0.1, 0.15) is 26.7 Å². The van der Waals surface area contributed by atoms with Gasteiger partial charge in [0.25, 0.3) is 0 Å². The van der Waals surface area contributed by atoms with E-state index < -0.39 is 9.84 Å². The Morgan fingerprint density at radius 3 is 1.60 bits per heavy atom. The van der Waals surface area contributed by atoms with Gasteiger partial charge in [-0.1, -0.05) is 84.0 Å². The Balaban J connectivity index is 1.29. The van der Waals surface area contributed by atoms with Gasteiger partial charge in [0.2, 0.25) is 9.84 Å². The van der Waals surface area contributed by atoms with Crippen LogP contribution >= 0.6 is 0 Å². The molecule has 2 aliphatic carbocycles. The molecule has 0 radical (unpaired) electrons. The summed E-state index contributed by atoms with van der Waals surface area (Å²) in [7, 11) is -3.70. The molecular weight excluding hydrogens is 548 g/mol. The minimum Gasteiger partial charge on any atom is -0.334 e. The third-order valence-corrected chi connectivity index (χ3v) is 9.83. The van der Waals surface area contributed by atoms with Gasteiger partial charge in [-0.3, -0.25) is 0 Å². The zero-order valence-electron chi connectivity index (χ0n) is 24.5. The Bertz CT molecular complexity index is 1790. The maximum atomic E-state index is 13.8. The van der Waals surface area contributed by atoms with Crippen LogP contribution in [0.15, 0.2) is 167 Å². The van der Waals surface area contributed by atoms with Gasteiger partial charge in [0.15, 0.2) is 0 Å². The van der Waals surface area contributed by atoms with Crippen LogP contribution < -0.4 is 9.80 Å². The third-order valence-electron chi connectivity index (χ3n) is 8.04. The molecule has 5 heteroatoms. The molecule has 6 rings (SSSR count). The number of sulfone groups is 1. The second-order valence-electron chi connectivity index (χ2n) is 11.2. The van der Waals surface area contributed by atoms with E-state index in [1.54, 1.807) is 24.3 Å². The fourth-order valence-corrected chi connectivity index (χ4v) is 7.20. The standard InChI is InChI=1S/C38H36N2O2S/c1-29-11-9-17-35(27-29)39(31-13-5-3-6-14-31)33-19-23-37(24-20-33)43(41,42)38-25-21-34(22-26-38)40(32-15-7-4-8-16-32)36-18-10-12-30(2)28-36/h3-17,19-26,28,35-36H,18,27H2,1-2H3. The van der Waals surface area contributed by atoms with E-state index in [4.69, 9.17) is 0 Å². The molecule has 0 amide bonds. The smallest absolute Gasteiger partial charge is 0.206 e. The van der Waals surface area contributed by atoms with Crippen LogP contribution in [0.25, 0.3) is 0 Å². The molecule has 4 aromatic rings. The highest BCUT2D eigenvalue weighted by Gasteiger charge is 2.24. The van der Waals surface area contributed by atoms with Gasteiger partial charge in [0, 0.05) is 22.7 Å². The van der Waals surface area contributed by atoms with E-state index in [-0.39, 0.29) is 21.9 Å². The first-order valence-electron chi connectivity index (χ1n) is 14.7. The van der Waals surface area contributed by atoms with Crippen molar-refractivity contribution in [2.24, 2.45) is 0 Å². The van der Waals surface area contributed by atoms with Crippen molar-refractivity contribution in [3.63, 3.8) is 0 Å². The van der Waals surface area contributed by atoms with E-state index >= 15 is 0 Å². The summed E-state index contributed by atoms with van der Waals surface area (Å²) in [5, 5.41) is 0. The lowest BCUT2D eigenvalue weighted by Gasteiger charge is -2.33. The molecule has 0 bridgehead atoms.